The molecule has 2 aliphatic carbocycles. The number of ether oxygens (including phenoxy) is 1. The number of benzene rings is 1. The van der Waals surface area contributed by atoms with Crippen molar-refractivity contribution in [2.75, 3.05) is 38.7 Å². The third-order valence-corrected chi connectivity index (χ3v) is 9.20. The van der Waals surface area contributed by atoms with Crippen LogP contribution in [0, 0.1) is 5.92 Å². The van der Waals surface area contributed by atoms with Crippen LogP contribution in [0.25, 0.3) is 0 Å². The molecular weight excluding hydrogens is 464 g/mol. The number of urea groups is 1. The highest BCUT2D eigenvalue weighted by atomic mass is 16.5. The molecule has 3 fully saturated rings. The maximum absolute atomic E-state index is 14.1. The van der Waals surface area contributed by atoms with Crippen LogP contribution in [0.15, 0.2) is 41.5 Å². The first kappa shape index (κ1) is 25.6. The van der Waals surface area contributed by atoms with Gasteiger partial charge in [-0.1, -0.05) is 43.7 Å². The van der Waals surface area contributed by atoms with Crippen LogP contribution >= 0.6 is 0 Å². The quantitative estimate of drug-likeness (QED) is 0.455. The first-order valence-electron chi connectivity index (χ1n) is 13.6. The van der Waals surface area contributed by atoms with Gasteiger partial charge in [-0.25, -0.2) is 9.78 Å². The Kier molecular flexibility index (Phi) is 7.21. The van der Waals surface area contributed by atoms with Crippen molar-refractivity contribution >= 4 is 18.4 Å². The molecule has 1 saturated heterocycles. The number of aromatic nitrogens is 2. The third-order valence-electron chi connectivity index (χ3n) is 9.20. The first-order chi connectivity index (χ1) is 18.0. The van der Waals surface area contributed by atoms with E-state index < -0.39 is 0 Å². The molecule has 8 heteroatoms. The van der Waals surface area contributed by atoms with E-state index >= 15 is 0 Å². The molecule has 0 unspecified atom stereocenters. The van der Waals surface area contributed by atoms with Crippen LogP contribution in [0.3, 0.4) is 0 Å². The van der Waals surface area contributed by atoms with Gasteiger partial charge in [0.2, 0.25) is 5.88 Å². The van der Waals surface area contributed by atoms with Crippen LogP contribution < -0.4 is 9.64 Å². The Morgan fingerprint density at radius 3 is 2.51 bits per heavy atom. The number of nitrogens with zero attached hydrogens (tertiary/aromatic N) is 6. The number of hydrogen-bond donors (Lipinski definition) is 0. The topological polar surface area (TPSA) is 74.2 Å². The number of carbonyl (C=O) groups excluding carboxylic acids is 1. The van der Waals surface area contributed by atoms with Crippen molar-refractivity contribution < 1.29 is 9.53 Å². The first-order valence-corrected chi connectivity index (χ1v) is 13.6. The molecule has 2 saturated carbocycles. The van der Waals surface area contributed by atoms with Crippen molar-refractivity contribution in [3.8, 4) is 5.88 Å². The normalized spacial score (nSPS) is 26.1. The Morgan fingerprint density at radius 2 is 1.92 bits per heavy atom. The predicted molar refractivity (Wildman–Crippen MR) is 146 cm³/mol. The second kappa shape index (κ2) is 10.4. The van der Waals surface area contributed by atoms with Gasteiger partial charge in [-0.15, -0.1) is 0 Å². The van der Waals surface area contributed by atoms with E-state index in [-0.39, 0.29) is 17.1 Å². The van der Waals surface area contributed by atoms with E-state index in [1.165, 1.54) is 24.8 Å². The van der Waals surface area contributed by atoms with Crippen molar-refractivity contribution in [3.05, 3.63) is 47.9 Å². The summed E-state index contributed by atoms with van der Waals surface area (Å²) < 4.78 is 5.62. The lowest BCUT2D eigenvalue weighted by molar-refractivity contribution is 0.00833. The summed E-state index contributed by atoms with van der Waals surface area (Å²) in [7, 11) is 3.83. The minimum atomic E-state index is -0.202. The average Bonchev–Trinajstić information content (AvgIpc) is 3.17. The molecule has 198 valence electrons. The molecule has 37 heavy (non-hydrogen) atoms. The summed E-state index contributed by atoms with van der Waals surface area (Å²) in [5, 5.41) is 0. The minimum absolute atomic E-state index is 0.0139. The SMILES string of the molecule is C=NCc1ncc(N2C[C@]3(CC[C@](c4ccccc4)(N(C)CC)CC3)N(CC3CCC3)C2=O)c(OC)n1. The Hall–Kier alpha value is -3.00. The second-order valence-electron chi connectivity index (χ2n) is 11.0. The van der Waals surface area contributed by atoms with E-state index in [9.17, 15) is 4.79 Å². The molecule has 2 aromatic rings. The van der Waals surface area contributed by atoms with Crippen molar-refractivity contribution in [2.24, 2.45) is 10.9 Å². The number of rotatable bonds is 9. The maximum atomic E-state index is 14.1. The fourth-order valence-electron chi connectivity index (χ4n) is 6.59. The minimum Gasteiger partial charge on any atom is -0.479 e. The predicted octanol–water partition coefficient (Wildman–Crippen LogP) is 4.89. The summed E-state index contributed by atoms with van der Waals surface area (Å²) in [5.74, 6) is 1.55. The van der Waals surface area contributed by atoms with Gasteiger partial charge in [0.1, 0.15) is 5.69 Å². The molecule has 2 amide bonds. The van der Waals surface area contributed by atoms with Crippen LogP contribution in [-0.4, -0.2) is 71.8 Å². The van der Waals surface area contributed by atoms with Crippen LogP contribution in [-0.2, 0) is 12.1 Å². The van der Waals surface area contributed by atoms with E-state index in [0.717, 1.165) is 38.8 Å². The maximum Gasteiger partial charge on any atom is 0.325 e. The highest BCUT2D eigenvalue weighted by Crippen LogP contribution is 2.51. The Bertz CT molecular complexity index is 1110. The fraction of sp³-hybridized carbons (Fsp3) is 0.586. The lowest BCUT2D eigenvalue weighted by atomic mass is 9.68. The van der Waals surface area contributed by atoms with Gasteiger partial charge >= 0.3 is 6.03 Å². The van der Waals surface area contributed by atoms with Gasteiger partial charge in [-0.05, 0) is 70.3 Å². The number of amides is 2. The Morgan fingerprint density at radius 1 is 1.19 bits per heavy atom. The lowest BCUT2D eigenvalue weighted by Crippen LogP contribution is -2.57. The fourth-order valence-corrected chi connectivity index (χ4v) is 6.59. The number of carbonyl (C=O) groups is 1. The lowest BCUT2D eigenvalue weighted by Gasteiger charge is -2.52. The van der Waals surface area contributed by atoms with Crippen LogP contribution in [0.1, 0.15) is 63.3 Å². The van der Waals surface area contributed by atoms with E-state index in [1.807, 2.05) is 4.90 Å². The summed E-state index contributed by atoms with van der Waals surface area (Å²) in [6.45, 7) is 8.54. The molecule has 1 spiro atoms. The van der Waals surface area contributed by atoms with Crippen LogP contribution in [0.2, 0.25) is 0 Å². The van der Waals surface area contributed by atoms with Gasteiger partial charge in [-0.2, -0.15) is 4.98 Å². The van der Waals surface area contributed by atoms with E-state index in [0.29, 0.717) is 36.4 Å². The molecule has 1 aromatic heterocycles. The van der Waals surface area contributed by atoms with Crippen LogP contribution in [0.4, 0.5) is 10.5 Å². The summed E-state index contributed by atoms with van der Waals surface area (Å²) >= 11 is 0. The molecule has 0 radical (unpaired) electrons. The van der Waals surface area contributed by atoms with Gasteiger partial charge in [0.25, 0.3) is 0 Å². The Labute approximate surface area is 220 Å². The third kappa shape index (κ3) is 4.49. The van der Waals surface area contributed by atoms with Crippen molar-refractivity contribution in [3.63, 3.8) is 0 Å². The monoisotopic (exact) mass is 504 g/mol. The molecule has 0 N–H and O–H groups in total. The van der Waals surface area contributed by atoms with E-state index in [2.05, 4.69) is 75.8 Å². The van der Waals surface area contributed by atoms with Crippen molar-refractivity contribution in [2.45, 2.75) is 69.5 Å². The molecule has 0 bridgehead atoms. The van der Waals surface area contributed by atoms with E-state index in [1.54, 1.807) is 13.3 Å². The Balaban J connectivity index is 1.47. The second-order valence-corrected chi connectivity index (χ2v) is 11.0. The summed E-state index contributed by atoms with van der Waals surface area (Å²) in [6, 6.07) is 11.0. The molecule has 1 aliphatic heterocycles. The molecule has 3 aliphatic rings. The zero-order valence-corrected chi connectivity index (χ0v) is 22.5. The number of methoxy groups -OCH3 is 1. The van der Waals surface area contributed by atoms with Gasteiger partial charge in [0, 0.05) is 12.1 Å². The van der Waals surface area contributed by atoms with Gasteiger partial charge in [-0.3, -0.25) is 14.8 Å². The summed E-state index contributed by atoms with van der Waals surface area (Å²) in [4.78, 5) is 33.5. The number of anilines is 1. The zero-order valence-electron chi connectivity index (χ0n) is 22.5. The van der Waals surface area contributed by atoms with Gasteiger partial charge in [0.05, 0.1) is 31.9 Å². The highest BCUT2D eigenvalue weighted by molar-refractivity contribution is 5.96. The average molecular weight is 505 g/mol. The molecule has 8 nitrogen and oxygen atoms in total. The van der Waals surface area contributed by atoms with Crippen molar-refractivity contribution in [1.82, 2.24) is 19.8 Å². The number of hydrogen-bond acceptors (Lipinski definition) is 6. The smallest absolute Gasteiger partial charge is 0.325 e. The van der Waals surface area contributed by atoms with E-state index in [4.69, 9.17) is 4.74 Å². The van der Waals surface area contributed by atoms with Crippen LogP contribution in [0.5, 0.6) is 5.88 Å². The summed E-state index contributed by atoms with van der Waals surface area (Å²) in [6.07, 6.45) is 9.35. The standard InChI is InChI=1S/C29H40N6O2/c1-5-33(3)29(23-12-7-6-8-13-23)16-14-28(15-17-29)21-34(27(36)35(28)20-22-10-9-11-22)24-18-31-25(19-30-2)32-26(24)37-4/h6-8,12-13,18,22H,2,5,9-11,14-17,19-21H2,1,3-4H3/t28-,29+. The number of aliphatic imine (C=N–C) groups is 1. The molecule has 0 atom stereocenters. The largest absolute Gasteiger partial charge is 0.479 e. The van der Waals surface area contributed by atoms with Gasteiger partial charge in [0.15, 0.2) is 5.82 Å². The summed E-state index contributed by atoms with van der Waals surface area (Å²) in [5.41, 5.74) is 1.80. The molecule has 2 heterocycles. The van der Waals surface area contributed by atoms with Crippen molar-refractivity contribution in [1.29, 1.82) is 0 Å². The molecule has 1 aromatic carbocycles. The molecular formula is C29H40N6O2. The zero-order chi connectivity index (χ0) is 26.0. The highest BCUT2D eigenvalue weighted by Gasteiger charge is 2.55. The molecule has 5 rings (SSSR count). The van der Waals surface area contributed by atoms with Gasteiger partial charge < -0.3 is 9.64 Å².